The lowest BCUT2D eigenvalue weighted by Gasteiger charge is -2.21. The van der Waals surface area contributed by atoms with Crippen LogP contribution in [0, 0.1) is 23.4 Å². The fourth-order valence-electron chi connectivity index (χ4n) is 6.25. The van der Waals surface area contributed by atoms with Crippen molar-refractivity contribution >= 4 is 11.7 Å². The molecule has 0 saturated heterocycles. The zero-order chi connectivity index (χ0) is 32.4. The summed E-state index contributed by atoms with van der Waals surface area (Å²) >= 11 is 0. The van der Waals surface area contributed by atoms with Crippen molar-refractivity contribution in [2.24, 2.45) is 11.7 Å². The minimum Gasteiger partial charge on any atom is -0.366 e. The third kappa shape index (κ3) is 5.57. The quantitative estimate of drug-likeness (QED) is 0.208. The number of fused-ring (bicyclic) bond motifs is 3. The number of halogens is 8. The number of carbonyl (C=O) groups is 2. The molecule has 14 heteroatoms. The van der Waals surface area contributed by atoms with E-state index < -0.39 is 94.5 Å². The van der Waals surface area contributed by atoms with Gasteiger partial charge in [-0.2, -0.15) is 27.1 Å². The normalized spacial score (nSPS) is 18.8. The molecule has 0 aliphatic heterocycles. The number of Topliss-reactive ketones (excluding diaryl/α,β-unsaturated/α-hetero) is 1. The molecule has 0 radical (unpaired) electrons. The van der Waals surface area contributed by atoms with Crippen LogP contribution in [0.5, 0.6) is 0 Å². The highest BCUT2D eigenvalue weighted by Crippen LogP contribution is 2.68. The first kappa shape index (κ1) is 30.4. The van der Waals surface area contributed by atoms with Crippen LogP contribution in [-0.4, -0.2) is 26.5 Å². The summed E-state index contributed by atoms with van der Waals surface area (Å²) in [7, 11) is 0. The van der Waals surface area contributed by atoms with Crippen molar-refractivity contribution in [2.75, 3.05) is 0 Å². The van der Waals surface area contributed by atoms with Gasteiger partial charge in [-0.15, -0.1) is 0 Å². The van der Waals surface area contributed by atoms with Gasteiger partial charge in [0.1, 0.15) is 29.7 Å². The standard InChI is InChI=1S/C31H22F8N4O2/c32-17-7-14(8-18(33)11-17)6-16(26-20(2-1-5-41-26)15-3-4-24(34)22(10-15)29(40)45)9-19(44)13-43-28-25(27(42-43)31(37,38)39)21-12-23(21)30(28,35)36/h1-5,7-8,10-11,16,21,23H,6,9,12-13H2,(H2,40,45)/t16-,21+,23-/m1/s1. The minimum absolute atomic E-state index is 0.102. The summed E-state index contributed by atoms with van der Waals surface area (Å²) in [6.07, 6.45) is -4.50. The summed E-state index contributed by atoms with van der Waals surface area (Å²) < 4.78 is 114. The number of amides is 1. The van der Waals surface area contributed by atoms with Crippen molar-refractivity contribution in [3.05, 3.63) is 106 Å². The second-order valence-electron chi connectivity index (χ2n) is 11.3. The topological polar surface area (TPSA) is 90.9 Å². The molecule has 45 heavy (non-hydrogen) atoms. The van der Waals surface area contributed by atoms with E-state index in [2.05, 4.69) is 10.1 Å². The summed E-state index contributed by atoms with van der Waals surface area (Å²) in [6, 6.07) is 9.21. The lowest BCUT2D eigenvalue weighted by molar-refractivity contribution is -0.142. The zero-order valence-electron chi connectivity index (χ0n) is 23.0. The highest BCUT2D eigenvalue weighted by atomic mass is 19.4. The van der Waals surface area contributed by atoms with E-state index in [4.69, 9.17) is 5.73 Å². The third-order valence-corrected chi connectivity index (χ3v) is 8.17. The number of hydrogen-bond donors (Lipinski definition) is 1. The molecule has 234 valence electrons. The van der Waals surface area contributed by atoms with Crippen LogP contribution < -0.4 is 5.73 Å². The number of pyridine rings is 1. The van der Waals surface area contributed by atoms with Gasteiger partial charge in [0.2, 0.25) is 0 Å². The summed E-state index contributed by atoms with van der Waals surface area (Å²) in [5.74, 6) is -11.5. The van der Waals surface area contributed by atoms with Gasteiger partial charge in [-0.05, 0) is 60.2 Å². The van der Waals surface area contributed by atoms with Gasteiger partial charge in [0, 0.05) is 41.6 Å². The number of aromatic nitrogens is 3. The van der Waals surface area contributed by atoms with Crippen LogP contribution in [0.4, 0.5) is 35.1 Å². The largest absolute Gasteiger partial charge is 0.435 e. The molecule has 1 amide bonds. The molecular formula is C31H22F8N4O2. The number of nitrogens with zero attached hydrogens (tertiary/aromatic N) is 3. The molecule has 4 aromatic rings. The van der Waals surface area contributed by atoms with Gasteiger partial charge in [0.15, 0.2) is 11.5 Å². The average Bonchev–Trinajstić information content (AvgIpc) is 3.60. The van der Waals surface area contributed by atoms with E-state index in [9.17, 15) is 35.9 Å². The Morgan fingerprint density at radius 2 is 1.76 bits per heavy atom. The molecule has 2 aromatic carbocycles. The number of ketones is 1. The predicted molar refractivity (Wildman–Crippen MR) is 143 cm³/mol. The van der Waals surface area contributed by atoms with Crippen LogP contribution in [-0.2, 0) is 29.9 Å². The second-order valence-corrected chi connectivity index (χ2v) is 11.3. The Balaban J connectivity index is 1.38. The number of alkyl halides is 5. The average molecular weight is 635 g/mol. The monoisotopic (exact) mass is 634 g/mol. The Kier molecular flexibility index (Phi) is 7.28. The maximum atomic E-state index is 15.1. The van der Waals surface area contributed by atoms with Crippen LogP contribution in [0.15, 0.2) is 54.7 Å². The Hall–Kier alpha value is -4.62. The van der Waals surface area contributed by atoms with Crippen LogP contribution in [0.25, 0.3) is 11.1 Å². The number of carbonyl (C=O) groups excluding carboxylic acids is 2. The Bertz CT molecular complexity index is 1830. The van der Waals surface area contributed by atoms with Crippen LogP contribution in [0.2, 0.25) is 0 Å². The lowest BCUT2D eigenvalue weighted by Crippen LogP contribution is -2.24. The Labute approximate surface area is 249 Å². The highest BCUT2D eigenvalue weighted by Gasteiger charge is 2.68. The smallest absolute Gasteiger partial charge is 0.366 e. The molecule has 3 atom stereocenters. The van der Waals surface area contributed by atoms with Crippen molar-refractivity contribution in [3.8, 4) is 11.1 Å². The number of hydrogen-bond acceptors (Lipinski definition) is 4. The van der Waals surface area contributed by atoms with Gasteiger partial charge in [-0.25, -0.2) is 13.2 Å². The number of nitrogens with two attached hydrogens (primary N) is 1. The van der Waals surface area contributed by atoms with Gasteiger partial charge in [-0.3, -0.25) is 19.3 Å². The van der Waals surface area contributed by atoms with Gasteiger partial charge in [0.25, 0.3) is 11.8 Å². The Morgan fingerprint density at radius 1 is 1.04 bits per heavy atom. The molecule has 2 aliphatic carbocycles. The molecule has 1 saturated carbocycles. The molecule has 2 N–H and O–H groups in total. The zero-order valence-corrected chi connectivity index (χ0v) is 23.0. The molecule has 0 unspecified atom stereocenters. The summed E-state index contributed by atoms with van der Waals surface area (Å²) in [5, 5.41) is 3.40. The molecule has 6 rings (SSSR count). The van der Waals surface area contributed by atoms with Crippen molar-refractivity contribution in [1.29, 1.82) is 0 Å². The lowest BCUT2D eigenvalue weighted by atomic mass is 9.86. The summed E-state index contributed by atoms with van der Waals surface area (Å²) in [4.78, 5) is 29.6. The van der Waals surface area contributed by atoms with E-state index in [1.165, 1.54) is 24.4 Å². The first-order valence-corrected chi connectivity index (χ1v) is 13.7. The first-order valence-electron chi connectivity index (χ1n) is 13.7. The van der Waals surface area contributed by atoms with E-state index in [1.807, 2.05) is 0 Å². The number of benzene rings is 2. The second kappa shape index (κ2) is 10.8. The van der Waals surface area contributed by atoms with Crippen LogP contribution in [0.3, 0.4) is 0 Å². The summed E-state index contributed by atoms with van der Waals surface area (Å²) in [5.41, 5.74) is 2.69. The molecule has 2 aliphatic rings. The van der Waals surface area contributed by atoms with Crippen LogP contribution in [0.1, 0.15) is 63.2 Å². The van der Waals surface area contributed by atoms with Gasteiger partial charge in [0.05, 0.1) is 11.3 Å². The van der Waals surface area contributed by atoms with E-state index in [0.717, 1.165) is 24.3 Å². The van der Waals surface area contributed by atoms with Crippen LogP contribution >= 0.6 is 0 Å². The molecule has 6 nitrogen and oxygen atoms in total. The van der Waals surface area contributed by atoms with Gasteiger partial charge >= 0.3 is 6.18 Å². The highest BCUT2D eigenvalue weighted by molar-refractivity contribution is 5.94. The SMILES string of the molecule is NC(=O)c1cc(-c2cccnc2[C@@H](CC(=O)Cn2nc(C(F)(F)F)c3c2C(F)(F)[C@@H]2C[C@H]32)Cc2cc(F)cc(F)c2)ccc1F. The van der Waals surface area contributed by atoms with E-state index >= 15 is 8.78 Å². The fourth-order valence-corrected chi connectivity index (χ4v) is 6.25. The maximum Gasteiger partial charge on any atom is 0.435 e. The fraction of sp³-hybridized carbons (Fsp3) is 0.290. The third-order valence-electron chi connectivity index (χ3n) is 8.17. The molecule has 1 fully saturated rings. The Morgan fingerprint density at radius 3 is 2.42 bits per heavy atom. The molecular weight excluding hydrogens is 612 g/mol. The minimum atomic E-state index is -5.02. The van der Waals surface area contributed by atoms with Crippen molar-refractivity contribution < 1.29 is 44.7 Å². The summed E-state index contributed by atoms with van der Waals surface area (Å²) in [6.45, 7) is -0.925. The molecule has 2 heterocycles. The maximum absolute atomic E-state index is 15.1. The number of rotatable bonds is 9. The predicted octanol–water partition coefficient (Wildman–Crippen LogP) is 6.67. The molecule has 2 aromatic heterocycles. The van der Waals surface area contributed by atoms with E-state index in [-0.39, 0.29) is 29.7 Å². The van der Waals surface area contributed by atoms with Crippen molar-refractivity contribution in [2.45, 2.75) is 49.7 Å². The van der Waals surface area contributed by atoms with Gasteiger partial charge in [-0.1, -0.05) is 12.1 Å². The molecule has 0 spiro atoms. The number of primary amides is 1. The van der Waals surface area contributed by atoms with Gasteiger partial charge < -0.3 is 5.73 Å². The van der Waals surface area contributed by atoms with E-state index in [1.54, 1.807) is 0 Å². The van der Waals surface area contributed by atoms with Crippen molar-refractivity contribution in [3.63, 3.8) is 0 Å². The van der Waals surface area contributed by atoms with E-state index in [0.29, 0.717) is 16.3 Å². The van der Waals surface area contributed by atoms with Crippen molar-refractivity contribution in [1.82, 2.24) is 14.8 Å². The first-order chi connectivity index (χ1) is 21.1. The molecule has 0 bridgehead atoms.